The molecule has 3 N–H and O–H groups in total. The highest BCUT2D eigenvalue weighted by atomic mass is 32.2. The topological polar surface area (TPSA) is 129 Å². The summed E-state index contributed by atoms with van der Waals surface area (Å²) in [6.07, 6.45) is 1.94. The minimum atomic E-state index is -3.47. The second-order valence-corrected chi connectivity index (χ2v) is 10.1. The van der Waals surface area contributed by atoms with Crippen molar-refractivity contribution in [1.82, 2.24) is 4.98 Å². The molecule has 34 heavy (non-hydrogen) atoms. The highest BCUT2D eigenvalue weighted by Crippen LogP contribution is 2.38. The summed E-state index contributed by atoms with van der Waals surface area (Å²) in [4.78, 5) is 13.8. The Labute approximate surface area is 196 Å². The van der Waals surface area contributed by atoms with Crippen molar-refractivity contribution in [2.75, 3.05) is 5.75 Å². The fraction of sp³-hybridized carbons (Fsp3) is 0.160. The number of sulfone groups is 1. The second kappa shape index (κ2) is 9.05. The van der Waals surface area contributed by atoms with Crippen LogP contribution in [-0.2, 0) is 21.1 Å². The van der Waals surface area contributed by atoms with Crippen molar-refractivity contribution in [2.24, 2.45) is 5.73 Å². The first kappa shape index (κ1) is 23.1. The Bertz CT molecular complexity index is 1530. The van der Waals surface area contributed by atoms with Crippen molar-refractivity contribution in [2.45, 2.75) is 25.2 Å². The van der Waals surface area contributed by atoms with E-state index in [2.05, 4.69) is 4.98 Å². The van der Waals surface area contributed by atoms with Crippen LogP contribution in [0.15, 0.2) is 71.4 Å². The van der Waals surface area contributed by atoms with Gasteiger partial charge in [0, 0.05) is 17.5 Å². The zero-order valence-corrected chi connectivity index (χ0v) is 19.5. The smallest absolute Gasteiger partial charge is 0.290 e. The normalized spacial score (nSPS) is 11.4. The lowest BCUT2D eigenvalue weighted by molar-refractivity contribution is -0.586. The van der Waals surface area contributed by atoms with Crippen molar-refractivity contribution in [1.29, 1.82) is 0 Å². The molecule has 0 bridgehead atoms. The molecule has 4 aromatic rings. The van der Waals surface area contributed by atoms with E-state index < -0.39 is 9.84 Å². The van der Waals surface area contributed by atoms with Gasteiger partial charge in [0.05, 0.1) is 27.9 Å². The molecule has 0 aliphatic carbocycles. The number of ether oxygens (including phenoxy) is 1. The summed E-state index contributed by atoms with van der Waals surface area (Å²) in [6.45, 7) is 3.27. The van der Waals surface area contributed by atoms with Crippen LogP contribution in [0.1, 0.15) is 18.2 Å². The first-order chi connectivity index (χ1) is 16.2. The summed E-state index contributed by atoms with van der Waals surface area (Å²) < 4.78 is 32.1. The van der Waals surface area contributed by atoms with Crippen molar-refractivity contribution in [3.8, 4) is 22.6 Å². The number of aryl methyl sites for hydroxylation is 1. The van der Waals surface area contributed by atoms with Crippen LogP contribution >= 0.6 is 0 Å². The van der Waals surface area contributed by atoms with E-state index in [0.29, 0.717) is 39.4 Å². The van der Waals surface area contributed by atoms with Gasteiger partial charge in [-0.1, -0.05) is 19.1 Å². The Kier molecular flexibility index (Phi) is 6.15. The molecule has 2 aromatic carbocycles. The number of nitrogens with two attached hydrogens (primary N) is 1. The van der Waals surface area contributed by atoms with E-state index in [-0.39, 0.29) is 22.8 Å². The highest BCUT2D eigenvalue weighted by Gasteiger charge is 2.21. The van der Waals surface area contributed by atoms with Gasteiger partial charge in [-0.05, 0) is 55.0 Å². The Morgan fingerprint density at radius 3 is 2.53 bits per heavy atom. The molecular weight excluding hydrogens is 454 g/mol. The third-order valence-corrected chi connectivity index (χ3v) is 7.28. The van der Waals surface area contributed by atoms with E-state index in [9.17, 15) is 18.4 Å². The van der Waals surface area contributed by atoms with Gasteiger partial charge in [0.1, 0.15) is 23.1 Å². The van der Waals surface area contributed by atoms with Gasteiger partial charge in [0.25, 0.3) is 5.65 Å². The van der Waals surface area contributed by atoms with Gasteiger partial charge in [-0.25, -0.2) is 22.9 Å². The highest BCUT2D eigenvalue weighted by molar-refractivity contribution is 7.91. The van der Waals surface area contributed by atoms with Crippen LogP contribution in [0.5, 0.6) is 11.5 Å². The number of H-pyrrole nitrogens is 1. The van der Waals surface area contributed by atoms with Crippen LogP contribution in [0.2, 0.25) is 0 Å². The van der Waals surface area contributed by atoms with Gasteiger partial charge in [-0.2, -0.15) is 0 Å². The zero-order chi connectivity index (χ0) is 24.5. The number of pyridine rings is 1. The number of hydrogen-bond acceptors (Lipinski definition) is 6. The SMILES string of the molecule is CCS(=O)(=O)c1ccc(Oc2ccc(CC(N)=C=O)cc2)c(-c2cc(C)[n+]([O-])c3[nH]ccc23)c1. The van der Waals surface area contributed by atoms with E-state index in [0.717, 1.165) is 10.3 Å². The van der Waals surface area contributed by atoms with Crippen LogP contribution in [0.25, 0.3) is 22.2 Å². The minimum Gasteiger partial charge on any atom is -0.710 e. The number of nitrogens with zero attached hydrogens (tertiary/aromatic N) is 1. The van der Waals surface area contributed by atoms with Crippen LogP contribution in [0.4, 0.5) is 0 Å². The summed E-state index contributed by atoms with van der Waals surface area (Å²) in [5.41, 5.74) is 8.52. The predicted molar refractivity (Wildman–Crippen MR) is 129 cm³/mol. The van der Waals surface area contributed by atoms with E-state index in [1.165, 1.54) is 6.07 Å². The number of benzene rings is 2. The Morgan fingerprint density at radius 1 is 1.12 bits per heavy atom. The first-order valence-corrected chi connectivity index (χ1v) is 12.2. The van der Waals surface area contributed by atoms with E-state index in [4.69, 9.17) is 10.5 Å². The fourth-order valence-electron chi connectivity index (χ4n) is 3.72. The average molecular weight is 478 g/mol. The molecule has 0 aliphatic heterocycles. The van der Waals surface area contributed by atoms with Crippen molar-refractivity contribution in [3.63, 3.8) is 0 Å². The maximum atomic E-state index is 12.6. The van der Waals surface area contributed by atoms with Crippen LogP contribution < -0.4 is 15.2 Å². The fourth-order valence-corrected chi connectivity index (χ4v) is 4.62. The molecule has 8 nitrogen and oxygen atoms in total. The Hall–Kier alpha value is -4.07. The molecule has 2 heterocycles. The predicted octanol–water partition coefficient (Wildman–Crippen LogP) is 3.58. The summed E-state index contributed by atoms with van der Waals surface area (Å²) in [7, 11) is -3.47. The minimum absolute atomic E-state index is 0.0413. The quantitative estimate of drug-likeness (QED) is 0.238. The number of aromatic nitrogens is 2. The number of fused-ring (bicyclic) bond motifs is 1. The lowest BCUT2D eigenvalue weighted by atomic mass is 10.0. The monoisotopic (exact) mass is 477 g/mol. The third kappa shape index (κ3) is 4.39. The maximum absolute atomic E-state index is 12.6. The molecule has 0 saturated heterocycles. The standard InChI is InChI=1S/C25H23N3O5S/c1-3-34(31,32)20-8-9-24(33-19-6-4-17(5-7-19)13-18(26)15-29)23(14-20)22-12-16(2)28(30)25-21(22)10-11-27-25/h4-12,14,27H,3,13,26H2,1-2H3. The lowest BCUT2D eigenvalue weighted by Crippen LogP contribution is -2.31. The molecule has 2 aromatic heterocycles. The molecule has 4 rings (SSSR count). The Balaban J connectivity index is 1.84. The van der Waals surface area contributed by atoms with Crippen LogP contribution in [0, 0.1) is 12.1 Å². The number of allylic oxidation sites excluding steroid dienone is 1. The van der Waals surface area contributed by atoms with Gasteiger partial charge < -0.3 is 15.7 Å². The maximum Gasteiger partial charge on any atom is 0.290 e. The van der Waals surface area contributed by atoms with Crippen molar-refractivity contribution >= 4 is 26.8 Å². The molecule has 0 radical (unpaired) electrons. The summed E-state index contributed by atoms with van der Waals surface area (Å²) in [5, 5.41) is 13.1. The molecule has 0 saturated carbocycles. The molecule has 0 atom stereocenters. The Morgan fingerprint density at radius 2 is 1.85 bits per heavy atom. The van der Waals surface area contributed by atoms with Crippen molar-refractivity contribution < 1.29 is 22.7 Å². The molecule has 0 aliphatic rings. The van der Waals surface area contributed by atoms with Gasteiger partial charge in [-0.15, -0.1) is 0 Å². The van der Waals surface area contributed by atoms with E-state index in [1.54, 1.807) is 74.5 Å². The van der Waals surface area contributed by atoms with E-state index >= 15 is 0 Å². The molecular formula is C25H23N3O5S. The van der Waals surface area contributed by atoms with Gasteiger partial charge in [-0.3, -0.25) is 0 Å². The number of aromatic amines is 1. The zero-order valence-electron chi connectivity index (χ0n) is 18.7. The van der Waals surface area contributed by atoms with Gasteiger partial charge >= 0.3 is 0 Å². The molecule has 0 fully saturated rings. The first-order valence-electron chi connectivity index (χ1n) is 10.6. The van der Waals surface area contributed by atoms with Gasteiger partial charge in [0.15, 0.2) is 9.84 Å². The number of nitrogens with one attached hydrogen (secondary N) is 1. The largest absolute Gasteiger partial charge is 0.710 e. The third-order valence-electron chi connectivity index (χ3n) is 5.55. The number of rotatable bonds is 7. The molecule has 0 unspecified atom stereocenters. The lowest BCUT2D eigenvalue weighted by Gasteiger charge is -2.16. The summed E-state index contributed by atoms with van der Waals surface area (Å²) >= 11 is 0. The van der Waals surface area contributed by atoms with Gasteiger partial charge in [0.2, 0.25) is 0 Å². The van der Waals surface area contributed by atoms with E-state index in [1.807, 2.05) is 0 Å². The van der Waals surface area contributed by atoms with Crippen molar-refractivity contribution in [3.05, 3.63) is 83.0 Å². The molecule has 0 spiro atoms. The summed E-state index contributed by atoms with van der Waals surface area (Å²) in [5.74, 6) is 2.58. The summed E-state index contributed by atoms with van der Waals surface area (Å²) in [6, 6.07) is 15.2. The average Bonchev–Trinajstić information content (AvgIpc) is 3.33. The number of hydrogen-bond donors (Lipinski definition) is 2. The van der Waals surface area contributed by atoms with Crippen LogP contribution in [-0.4, -0.2) is 25.1 Å². The molecule has 174 valence electrons. The number of carbonyl (C=O) groups excluding carboxylic acids is 1. The molecule has 9 heteroatoms. The van der Waals surface area contributed by atoms with Crippen LogP contribution in [0.3, 0.4) is 0 Å². The second-order valence-electron chi connectivity index (χ2n) is 7.85. The molecule has 0 amide bonds.